The Hall–Kier alpha value is -2.17. The van der Waals surface area contributed by atoms with Gasteiger partial charge in [-0.1, -0.05) is 18.7 Å². The lowest BCUT2D eigenvalue weighted by Crippen LogP contribution is -2.16. The largest absolute Gasteiger partial charge is 0.462 e. The van der Waals surface area contributed by atoms with Crippen LogP contribution in [0, 0.1) is 13.8 Å². The van der Waals surface area contributed by atoms with E-state index in [0.29, 0.717) is 15.7 Å². The number of carbonyl (C=O) groups excluding carboxylic acids is 2. The maximum absolute atomic E-state index is 12.5. The summed E-state index contributed by atoms with van der Waals surface area (Å²) in [7, 11) is 1.89. The van der Waals surface area contributed by atoms with Crippen molar-refractivity contribution in [2.45, 2.75) is 39.3 Å². The molecule has 160 valence electrons. The number of thiophene rings is 2. The monoisotopic (exact) mass is 464 g/mol. The van der Waals surface area contributed by atoms with Gasteiger partial charge in [-0.25, -0.2) is 4.79 Å². The van der Waals surface area contributed by atoms with Gasteiger partial charge in [0.1, 0.15) is 5.00 Å². The molecule has 0 saturated carbocycles. The molecular formula is C20H24N4O3S3. The molecule has 3 aromatic heterocycles. The Kier molecular flexibility index (Phi) is 7.32. The summed E-state index contributed by atoms with van der Waals surface area (Å²) in [5.74, 6) is 0.319. The number of ether oxygens (including phenoxy) is 1. The minimum Gasteiger partial charge on any atom is -0.462 e. The minimum absolute atomic E-state index is 0.161. The molecule has 3 heterocycles. The first kappa shape index (κ1) is 22.5. The van der Waals surface area contributed by atoms with Gasteiger partial charge in [0.05, 0.1) is 17.9 Å². The zero-order valence-corrected chi connectivity index (χ0v) is 20.0. The van der Waals surface area contributed by atoms with Crippen LogP contribution in [-0.2, 0) is 23.0 Å². The molecule has 0 spiro atoms. The molecule has 0 radical (unpaired) electrons. The van der Waals surface area contributed by atoms with Crippen LogP contribution in [0.25, 0.3) is 11.4 Å². The summed E-state index contributed by atoms with van der Waals surface area (Å²) in [6.45, 7) is 7.95. The summed E-state index contributed by atoms with van der Waals surface area (Å²) in [5, 5.41) is 14.6. The van der Waals surface area contributed by atoms with Crippen molar-refractivity contribution in [1.29, 1.82) is 0 Å². The molecule has 1 N–H and O–H groups in total. The van der Waals surface area contributed by atoms with Crippen molar-refractivity contribution >= 4 is 51.3 Å². The van der Waals surface area contributed by atoms with E-state index < -0.39 is 5.97 Å². The molecule has 0 atom stereocenters. The van der Waals surface area contributed by atoms with E-state index in [1.807, 2.05) is 25.5 Å². The van der Waals surface area contributed by atoms with Gasteiger partial charge in [0.2, 0.25) is 5.91 Å². The van der Waals surface area contributed by atoms with E-state index in [1.165, 1.54) is 28.0 Å². The number of rotatable bonds is 8. The first-order valence-corrected chi connectivity index (χ1v) is 12.2. The van der Waals surface area contributed by atoms with E-state index in [-0.39, 0.29) is 18.3 Å². The number of nitrogens with one attached hydrogen (secondary N) is 1. The molecule has 0 aromatic carbocycles. The van der Waals surface area contributed by atoms with Gasteiger partial charge in [-0.2, -0.15) is 0 Å². The third kappa shape index (κ3) is 4.76. The predicted molar refractivity (Wildman–Crippen MR) is 123 cm³/mol. The molecule has 0 saturated heterocycles. The number of esters is 1. The van der Waals surface area contributed by atoms with Crippen molar-refractivity contribution in [3.63, 3.8) is 0 Å². The third-order valence-electron chi connectivity index (χ3n) is 4.55. The summed E-state index contributed by atoms with van der Waals surface area (Å²) in [6.07, 6.45) is 0.986. The zero-order chi connectivity index (χ0) is 21.8. The van der Waals surface area contributed by atoms with Crippen LogP contribution in [0.2, 0.25) is 0 Å². The number of hydrogen-bond acceptors (Lipinski definition) is 8. The average molecular weight is 465 g/mol. The summed E-state index contributed by atoms with van der Waals surface area (Å²) in [6, 6.07) is 2.12. The lowest BCUT2D eigenvalue weighted by atomic mass is 10.1. The van der Waals surface area contributed by atoms with Crippen LogP contribution in [0.15, 0.2) is 16.6 Å². The standard InChI is InChI=1S/C20H24N4O3S3/c1-6-14-8-13(9-28-14)17-22-23-20(24(17)5)29-10-15(25)21-18-16(19(26)27-7-2)11(3)12(4)30-18/h8-9H,6-7,10H2,1-5H3,(H,21,25). The van der Waals surface area contributed by atoms with E-state index in [0.717, 1.165) is 28.2 Å². The highest BCUT2D eigenvalue weighted by Crippen LogP contribution is 2.33. The predicted octanol–water partition coefficient (Wildman–Crippen LogP) is 4.69. The average Bonchev–Trinajstić information content (AvgIpc) is 3.39. The second kappa shape index (κ2) is 9.76. The Morgan fingerprint density at radius 3 is 2.70 bits per heavy atom. The number of nitrogens with zero attached hydrogens (tertiary/aromatic N) is 3. The van der Waals surface area contributed by atoms with Crippen LogP contribution in [0.5, 0.6) is 0 Å². The van der Waals surface area contributed by atoms with Crippen molar-refractivity contribution in [2.24, 2.45) is 7.05 Å². The second-order valence-corrected chi connectivity index (χ2v) is 9.73. The van der Waals surface area contributed by atoms with Crippen LogP contribution in [-0.4, -0.2) is 39.0 Å². The van der Waals surface area contributed by atoms with E-state index >= 15 is 0 Å². The molecule has 0 unspecified atom stereocenters. The number of thioether (sulfide) groups is 1. The number of carbonyl (C=O) groups is 2. The van der Waals surface area contributed by atoms with Gasteiger partial charge in [0.25, 0.3) is 0 Å². The van der Waals surface area contributed by atoms with Crippen LogP contribution in [0.4, 0.5) is 5.00 Å². The molecule has 3 aromatic rings. The Morgan fingerprint density at radius 1 is 1.27 bits per heavy atom. The maximum Gasteiger partial charge on any atom is 0.341 e. The molecule has 0 bridgehead atoms. The molecule has 7 nitrogen and oxygen atoms in total. The van der Waals surface area contributed by atoms with Crippen LogP contribution in [0.1, 0.15) is 39.5 Å². The van der Waals surface area contributed by atoms with Gasteiger partial charge in [0, 0.05) is 27.7 Å². The molecule has 0 fully saturated rings. The van der Waals surface area contributed by atoms with Crippen LogP contribution < -0.4 is 5.32 Å². The van der Waals surface area contributed by atoms with Crippen molar-refractivity contribution < 1.29 is 14.3 Å². The van der Waals surface area contributed by atoms with E-state index in [2.05, 4.69) is 33.9 Å². The van der Waals surface area contributed by atoms with Crippen LogP contribution in [0.3, 0.4) is 0 Å². The molecule has 1 amide bonds. The Balaban J connectivity index is 1.67. The lowest BCUT2D eigenvalue weighted by Gasteiger charge is -2.07. The van der Waals surface area contributed by atoms with Gasteiger partial charge < -0.3 is 14.6 Å². The zero-order valence-electron chi connectivity index (χ0n) is 17.6. The molecule has 0 aliphatic heterocycles. The van der Waals surface area contributed by atoms with Gasteiger partial charge in [0.15, 0.2) is 11.0 Å². The molecule has 30 heavy (non-hydrogen) atoms. The summed E-state index contributed by atoms with van der Waals surface area (Å²) in [5.41, 5.74) is 2.30. The summed E-state index contributed by atoms with van der Waals surface area (Å²) >= 11 is 4.39. The quantitative estimate of drug-likeness (QED) is 0.384. The van der Waals surface area contributed by atoms with E-state index in [4.69, 9.17) is 4.74 Å². The van der Waals surface area contributed by atoms with Gasteiger partial charge >= 0.3 is 5.97 Å². The smallest absolute Gasteiger partial charge is 0.341 e. The van der Waals surface area contributed by atoms with E-state index in [9.17, 15) is 9.59 Å². The van der Waals surface area contributed by atoms with Crippen molar-refractivity contribution in [1.82, 2.24) is 14.8 Å². The van der Waals surface area contributed by atoms with Gasteiger partial charge in [-0.05, 0) is 38.8 Å². The fraction of sp³-hybridized carbons (Fsp3) is 0.400. The Morgan fingerprint density at radius 2 is 2.03 bits per heavy atom. The molecule has 3 rings (SSSR count). The SMILES string of the molecule is CCOC(=O)c1c(NC(=O)CSc2nnc(-c3csc(CC)c3)n2C)sc(C)c1C. The highest BCUT2D eigenvalue weighted by atomic mass is 32.2. The van der Waals surface area contributed by atoms with Crippen LogP contribution >= 0.6 is 34.4 Å². The fourth-order valence-corrected chi connectivity index (χ4v) is 5.42. The topological polar surface area (TPSA) is 86.1 Å². The molecular weight excluding hydrogens is 440 g/mol. The first-order chi connectivity index (χ1) is 14.3. The minimum atomic E-state index is -0.414. The number of aromatic nitrogens is 3. The fourth-order valence-electron chi connectivity index (χ4n) is 2.83. The highest BCUT2D eigenvalue weighted by Gasteiger charge is 2.22. The molecule has 0 aliphatic rings. The normalized spacial score (nSPS) is 11.0. The van der Waals surface area contributed by atoms with Crippen molar-refractivity contribution in [2.75, 3.05) is 17.7 Å². The van der Waals surface area contributed by atoms with E-state index in [1.54, 1.807) is 18.3 Å². The number of amides is 1. The second-order valence-electron chi connectivity index (χ2n) is 6.57. The Bertz CT molecular complexity index is 1070. The maximum atomic E-state index is 12.5. The number of aryl methyl sites for hydroxylation is 2. The molecule has 10 heteroatoms. The highest BCUT2D eigenvalue weighted by molar-refractivity contribution is 7.99. The van der Waals surface area contributed by atoms with Crippen molar-refractivity contribution in [3.05, 3.63) is 32.3 Å². The summed E-state index contributed by atoms with van der Waals surface area (Å²) in [4.78, 5) is 27.1. The number of anilines is 1. The molecule has 0 aliphatic carbocycles. The van der Waals surface area contributed by atoms with Gasteiger partial charge in [-0.15, -0.1) is 32.9 Å². The van der Waals surface area contributed by atoms with Gasteiger partial charge in [-0.3, -0.25) is 4.79 Å². The third-order valence-corrected chi connectivity index (χ3v) is 7.77. The lowest BCUT2D eigenvalue weighted by molar-refractivity contribution is -0.113. The van der Waals surface area contributed by atoms with Crippen molar-refractivity contribution in [3.8, 4) is 11.4 Å². The Labute approximate surface area is 187 Å². The number of hydrogen-bond donors (Lipinski definition) is 1. The first-order valence-electron chi connectivity index (χ1n) is 9.52. The summed E-state index contributed by atoms with van der Waals surface area (Å²) < 4.78 is 7.03.